The van der Waals surface area contributed by atoms with Crippen molar-refractivity contribution in [3.63, 3.8) is 0 Å². The van der Waals surface area contributed by atoms with Crippen molar-refractivity contribution in [2.45, 2.75) is 54.4 Å². The van der Waals surface area contributed by atoms with Gasteiger partial charge in [0.15, 0.2) is 5.65 Å². The maximum Gasteiger partial charge on any atom is 0.161 e. The third kappa shape index (κ3) is 3.28. The normalized spacial score (nSPS) is 9.61. The van der Waals surface area contributed by atoms with Crippen molar-refractivity contribution >= 4 is 11.0 Å². The summed E-state index contributed by atoms with van der Waals surface area (Å²) in [7, 11) is 1.92. The Morgan fingerprint density at radius 2 is 1.61 bits per heavy atom. The van der Waals surface area contributed by atoms with Gasteiger partial charge < -0.3 is 0 Å². The minimum absolute atomic E-state index is 0.406. The Kier molecular flexibility index (Phi) is 7.17. The Morgan fingerprint density at radius 3 is 2.11 bits per heavy atom. The van der Waals surface area contributed by atoms with Crippen LogP contribution < -0.4 is 0 Å². The number of aryl methyl sites for hydroxylation is 2. The van der Waals surface area contributed by atoms with Crippen molar-refractivity contribution < 1.29 is 0 Å². The number of hydrogen-bond acceptors (Lipinski definition) is 3. The summed E-state index contributed by atoms with van der Waals surface area (Å²) in [5, 5.41) is 5.57. The number of aromatic nitrogens is 4. The molecule has 0 N–H and O–H groups in total. The van der Waals surface area contributed by atoms with Crippen LogP contribution in [0.2, 0.25) is 0 Å². The lowest BCUT2D eigenvalue weighted by Gasteiger charge is -2.00. The molecule has 0 aliphatic heterocycles. The van der Waals surface area contributed by atoms with Crippen molar-refractivity contribution in [3.8, 4) is 0 Å². The molecule has 0 saturated carbocycles. The van der Waals surface area contributed by atoms with E-state index in [1.807, 2.05) is 46.3 Å². The Morgan fingerprint density at radius 1 is 1.06 bits per heavy atom. The molecule has 18 heavy (non-hydrogen) atoms. The molecule has 0 spiro atoms. The summed E-state index contributed by atoms with van der Waals surface area (Å²) < 4.78 is 1.82. The summed E-state index contributed by atoms with van der Waals surface area (Å²) in [5.41, 5.74) is 3.01. The largest absolute Gasteiger partial charge is 0.250 e. The highest BCUT2D eigenvalue weighted by molar-refractivity contribution is 5.80. The molecule has 4 nitrogen and oxygen atoms in total. The fraction of sp³-hybridized carbons (Fsp3) is 0.643. The first-order chi connectivity index (χ1) is 8.61. The molecule has 0 aromatic carbocycles. The molecule has 0 fully saturated rings. The molecule has 0 bridgehead atoms. The summed E-state index contributed by atoms with van der Waals surface area (Å²) >= 11 is 0. The number of hydrogen-bond donors (Lipinski definition) is 0. The maximum atomic E-state index is 4.46. The van der Waals surface area contributed by atoms with E-state index in [0.29, 0.717) is 5.92 Å². The maximum absolute atomic E-state index is 4.46. The van der Waals surface area contributed by atoms with Crippen LogP contribution in [0.5, 0.6) is 0 Å². The highest BCUT2D eigenvalue weighted by Crippen LogP contribution is 2.24. The van der Waals surface area contributed by atoms with Crippen LogP contribution in [0.3, 0.4) is 0 Å². The zero-order valence-corrected chi connectivity index (χ0v) is 12.9. The van der Waals surface area contributed by atoms with Gasteiger partial charge in [-0.3, -0.25) is 4.68 Å². The van der Waals surface area contributed by atoms with Gasteiger partial charge in [0.05, 0.1) is 16.8 Å². The Balaban J connectivity index is 0.000000659. The van der Waals surface area contributed by atoms with E-state index >= 15 is 0 Å². The highest BCUT2D eigenvalue weighted by Gasteiger charge is 2.14. The molecule has 102 valence electrons. The molecule has 4 heteroatoms. The van der Waals surface area contributed by atoms with Gasteiger partial charge in [-0.1, -0.05) is 41.5 Å². The first-order valence-electron chi connectivity index (χ1n) is 6.75. The van der Waals surface area contributed by atoms with E-state index in [-0.39, 0.29) is 0 Å². The van der Waals surface area contributed by atoms with Gasteiger partial charge in [0, 0.05) is 7.05 Å². The van der Waals surface area contributed by atoms with Gasteiger partial charge in [0.2, 0.25) is 0 Å². The van der Waals surface area contributed by atoms with Gasteiger partial charge in [-0.05, 0) is 12.8 Å². The van der Waals surface area contributed by atoms with Crippen molar-refractivity contribution in [2.75, 3.05) is 0 Å². The molecule has 2 rings (SSSR count). The minimum atomic E-state index is 0.406. The molecule has 0 aliphatic carbocycles. The third-order valence-corrected chi connectivity index (χ3v) is 2.38. The van der Waals surface area contributed by atoms with Crippen molar-refractivity contribution in [2.24, 2.45) is 7.05 Å². The van der Waals surface area contributed by atoms with Gasteiger partial charge in [0.1, 0.15) is 6.33 Å². The monoisotopic (exact) mass is 250 g/mol. The van der Waals surface area contributed by atoms with Crippen LogP contribution in [0.25, 0.3) is 11.0 Å². The lowest BCUT2D eigenvalue weighted by atomic mass is 10.1. The second-order valence-corrected chi connectivity index (χ2v) is 3.82. The van der Waals surface area contributed by atoms with E-state index in [4.69, 9.17) is 0 Å². The molecule has 0 radical (unpaired) electrons. The third-order valence-electron chi connectivity index (χ3n) is 2.38. The van der Waals surface area contributed by atoms with Gasteiger partial charge in [-0.15, -0.1) is 0 Å². The zero-order chi connectivity index (χ0) is 14.3. The topological polar surface area (TPSA) is 43.6 Å². The van der Waals surface area contributed by atoms with E-state index < -0.39 is 0 Å². The average Bonchev–Trinajstić information content (AvgIpc) is 2.74. The fourth-order valence-corrected chi connectivity index (χ4v) is 1.67. The molecule has 2 heterocycles. The number of fused-ring (bicyclic) bond motifs is 1. The van der Waals surface area contributed by atoms with Crippen LogP contribution in [-0.2, 0) is 7.05 Å². The highest BCUT2D eigenvalue weighted by atomic mass is 15.3. The van der Waals surface area contributed by atoms with Crippen molar-refractivity contribution in [3.05, 3.63) is 17.7 Å². The van der Waals surface area contributed by atoms with E-state index in [9.17, 15) is 0 Å². The SMILES string of the molecule is CC.CC.Cc1ncnc2c1c(C(C)C)nn2C. The molecule has 0 aliphatic rings. The second-order valence-electron chi connectivity index (χ2n) is 3.82. The first kappa shape index (κ1) is 16.6. The Hall–Kier alpha value is -1.45. The Labute approximate surface area is 110 Å². The summed E-state index contributed by atoms with van der Waals surface area (Å²) in [6, 6.07) is 0. The molecule has 0 saturated heterocycles. The molecular weight excluding hydrogens is 224 g/mol. The van der Waals surface area contributed by atoms with Crippen molar-refractivity contribution in [1.82, 2.24) is 19.7 Å². The van der Waals surface area contributed by atoms with E-state index in [0.717, 1.165) is 22.4 Å². The van der Waals surface area contributed by atoms with Gasteiger partial charge >= 0.3 is 0 Å². The van der Waals surface area contributed by atoms with Crippen LogP contribution in [0, 0.1) is 6.92 Å². The summed E-state index contributed by atoms with van der Waals surface area (Å²) in [6.45, 7) is 14.3. The first-order valence-corrected chi connectivity index (χ1v) is 6.75. The number of nitrogens with zero attached hydrogens (tertiary/aromatic N) is 4. The van der Waals surface area contributed by atoms with Gasteiger partial charge in [-0.2, -0.15) is 5.10 Å². The van der Waals surface area contributed by atoms with E-state index in [1.165, 1.54) is 0 Å². The van der Waals surface area contributed by atoms with Crippen LogP contribution in [0.1, 0.15) is 58.8 Å². The molecule has 2 aromatic rings. The molecule has 0 amide bonds. The summed E-state index contributed by atoms with van der Waals surface area (Å²) in [4.78, 5) is 8.43. The van der Waals surface area contributed by atoms with Gasteiger partial charge in [0.25, 0.3) is 0 Å². The quantitative estimate of drug-likeness (QED) is 0.772. The smallest absolute Gasteiger partial charge is 0.161 e. The molecular formula is C14H26N4. The Bertz CT molecular complexity index is 472. The molecule has 0 atom stereocenters. The lowest BCUT2D eigenvalue weighted by Crippen LogP contribution is -1.93. The van der Waals surface area contributed by atoms with Crippen LogP contribution in [0.15, 0.2) is 6.33 Å². The standard InChI is InChI=1S/C10H14N4.2C2H6/c1-6(2)9-8-7(3)11-5-12-10(8)14(4)13-9;2*1-2/h5-6H,1-4H3;2*1-2H3. The van der Waals surface area contributed by atoms with Crippen LogP contribution >= 0.6 is 0 Å². The lowest BCUT2D eigenvalue weighted by molar-refractivity contribution is 0.724. The molecule has 2 aromatic heterocycles. The molecule has 0 unspecified atom stereocenters. The zero-order valence-electron chi connectivity index (χ0n) is 12.9. The average molecular weight is 250 g/mol. The van der Waals surface area contributed by atoms with Crippen molar-refractivity contribution in [1.29, 1.82) is 0 Å². The predicted molar refractivity (Wildman–Crippen MR) is 77.8 cm³/mol. The predicted octanol–water partition coefficient (Wildman–Crippen LogP) is 3.85. The fourth-order valence-electron chi connectivity index (χ4n) is 1.67. The van der Waals surface area contributed by atoms with E-state index in [1.54, 1.807) is 6.33 Å². The van der Waals surface area contributed by atoms with Gasteiger partial charge in [-0.25, -0.2) is 9.97 Å². The van der Waals surface area contributed by atoms with E-state index in [2.05, 4.69) is 28.9 Å². The summed E-state index contributed by atoms with van der Waals surface area (Å²) in [5.74, 6) is 0.406. The van der Waals surface area contributed by atoms with Crippen LogP contribution in [0.4, 0.5) is 0 Å². The number of rotatable bonds is 1. The second kappa shape index (κ2) is 7.80. The minimum Gasteiger partial charge on any atom is -0.250 e. The van der Waals surface area contributed by atoms with Crippen LogP contribution in [-0.4, -0.2) is 19.7 Å². The summed E-state index contributed by atoms with van der Waals surface area (Å²) in [6.07, 6.45) is 1.59.